The third-order valence-corrected chi connectivity index (χ3v) is 0.561. The van der Waals surface area contributed by atoms with Crippen molar-refractivity contribution in [3.05, 3.63) is 0 Å². The standard InChI is InChI=1S/C4H8N2O/c1-5-4(7)6(2)3/h2H2,1,3H3/p+1. The van der Waals surface area contributed by atoms with Gasteiger partial charge in [-0.15, -0.1) is 0 Å². The van der Waals surface area contributed by atoms with Crippen LogP contribution in [0.1, 0.15) is 0 Å². The Morgan fingerprint density at radius 1 is 1.86 bits per heavy atom. The number of carbonyl (C=O) groups is 1. The van der Waals surface area contributed by atoms with Crippen molar-refractivity contribution in [1.82, 2.24) is 5.32 Å². The average Bonchev–Trinajstić information content (AvgIpc) is 1.65. The third-order valence-electron chi connectivity index (χ3n) is 0.561. The number of hydrogen-bond acceptors (Lipinski definition) is 1. The van der Waals surface area contributed by atoms with Crippen LogP contribution in [0.4, 0.5) is 4.79 Å². The molecule has 1 N–H and O–H groups in total. The molecule has 3 heteroatoms. The van der Waals surface area contributed by atoms with Crippen LogP contribution in [0.3, 0.4) is 0 Å². The summed E-state index contributed by atoms with van der Waals surface area (Å²) in [7, 11) is 3.14. The number of urea groups is 1. The minimum absolute atomic E-state index is 0.181. The van der Waals surface area contributed by atoms with E-state index in [9.17, 15) is 4.79 Å². The van der Waals surface area contributed by atoms with E-state index in [4.69, 9.17) is 0 Å². The molecule has 0 spiro atoms. The van der Waals surface area contributed by atoms with Crippen LogP contribution in [0, 0.1) is 0 Å². The SMILES string of the molecule is C=[N+](C)C(=O)NC. The molecule has 0 radical (unpaired) electrons. The molecule has 0 saturated carbocycles. The Kier molecular flexibility index (Phi) is 2.05. The largest absolute Gasteiger partial charge is 0.490 e. The second kappa shape index (κ2) is 2.34. The lowest BCUT2D eigenvalue weighted by atomic mass is 10.9. The second-order valence-corrected chi connectivity index (χ2v) is 1.25. The van der Waals surface area contributed by atoms with Gasteiger partial charge >= 0.3 is 6.03 Å². The summed E-state index contributed by atoms with van der Waals surface area (Å²) in [6.45, 7) is 3.33. The van der Waals surface area contributed by atoms with Crippen molar-refractivity contribution in [2.24, 2.45) is 0 Å². The average molecular weight is 101 g/mol. The molecule has 2 amide bonds. The van der Waals surface area contributed by atoms with Crippen molar-refractivity contribution in [2.45, 2.75) is 0 Å². The Balaban J connectivity index is 3.58. The molecule has 0 atom stereocenters. The molecule has 0 aliphatic heterocycles. The summed E-state index contributed by atoms with van der Waals surface area (Å²) in [4.78, 5) is 10.3. The highest BCUT2D eigenvalue weighted by Crippen LogP contribution is 1.61. The smallest absolute Gasteiger partial charge is 0.241 e. The van der Waals surface area contributed by atoms with E-state index in [1.54, 1.807) is 14.1 Å². The lowest BCUT2D eigenvalue weighted by molar-refractivity contribution is -0.383. The summed E-state index contributed by atoms with van der Waals surface area (Å²) < 4.78 is 1.22. The molecular formula is C4H9N2O+. The molecule has 3 nitrogen and oxygen atoms in total. The van der Waals surface area contributed by atoms with Crippen molar-refractivity contribution in [1.29, 1.82) is 0 Å². The Bertz CT molecular complexity index is 97.9. The molecule has 0 unspecified atom stereocenters. The predicted molar refractivity (Wildman–Crippen MR) is 27.8 cm³/mol. The van der Waals surface area contributed by atoms with E-state index in [-0.39, 0.29) is 6.03 Å². The summed E-state index contributed by atoms with van der Waals surface area (Å²) in [5.74, 6) is 0. The quantitative estimate of drug-likeness (QED) is 0.329. The van der Waals surface area contributed by atoms with Gasteiger partial charge in [-0.25, -0.2) is 9.89 Å². The molecule has 0 aliphatic carbocycles. The minimum atomic E-state index is -0.181. The van der Waals surface area contributed by atoms with E-state index in [1.165, 1.54) is 4.58 Å². The highest BCUT2D eigenvalue weighted by atomic mass is 16.2. The van der Waals surface area contributed by atoms with Crippen molar-refractivity contribution >= 4 is 12.7 Å². The van der Waals surface area contributed by atoms with Gasteiger partial charge in [0.2, 0.25) is 0 Å². The van der Waals surface area contributed by atoms with Gasteiger partial charge < -0.3 is 0 Å². The first-order chi connectivity index (χ1) is 3.18. The van der Waals surface area contributed by atoms with Gasteiger partial charge in [-0.05, 0) is 0 Å². The molecular weight excluding hydrogens is 92.1 g/mol. The van der Waals surface area contributed by atoms with E-state index in [1.807, 2.05) is 0 Å². The molecule has 0 rings (SSSR count). The van der Waals surface area contributed by atoms with E-state index >= 15 is 0 Å². The summed E-state index contributed by atoms with van der Waals surface area (Å²) in [5.41, 5.74) is 0. The Morgan fingerprint density at radius 3 is 2.29 bits per heavy atom. The minimum Gasteiger partial charge on any atom is -0.241 e. The molecule has 7 heavy (non-hydrogen) atoms. The maximum atomic E-state index is 10.3. The number of rotatable bonds is 0. The number of carbonyl (C=O) groups excluding carboxylic acids is 1. The number of hydrogen-bond donors (Lipinski definition) is 1. The van der Waals surface area contributed by atoms with Gasteiger partial charge in [0.25, 0.3) is 0 Å². The van der Waals surface area contributed by atoms with Gasteiger partial charge in [0.1, 0.15) is 0 Å². The first-order valence-electron chi connectivity index (χ1n) is 1.94. The van der Waals surface area contributed by atoms with Crippen LogP contribution in [0.2, 0.25) is 0 Å². The zero-order valence-corrected chi connectivity index (χ0v) is 4.56. The van der Waals surface area contributed by atoms with Gasteiger partial charge in [-0.2, -0.15) is 4.79 Å². The molecule has 0 aliphatic rings. The van der Waals surface area contributed by atoms with E-state index in [0.717, 1.165) is 0 Å². The number of amides is 2. The Hall–Kier alpha value is -0.860. The van der Waals surface area contributed by atoms with Gasteiger partial charge in [-0.1, -0.05) is 0 Å². The van der Waals surface area contributed by atoms with Gasteiger partial charge in [0.05, 0.1) is 20.8 Å². The van der Waals surface area contributed by atoms with Gasteiger partial charge in [0.15, 0.2) is 0 Å². The van der Waals surface area contributed by atoms with Crippen LogP contribution in [0.5, 0.6) is 0 Å². The lowest BCUT2D eigenvalue weighted by Crippen LogP contribution is -2.25. The predicted octanol–water partition coefficient (Wildman–Crippen LogP) is -0.331. The zero-order valence-electron chi connectivity index (χ0n) is 4.56. The molecule has 0 bridgehead atoms. The summed E-state index contributed by atoms with van der Waals surface area (Å²) in [6.07, 6.45) is 0. The van der Waals surface area contributed by atoms with E-state index < -0.39 is 0 Å². The third kappa shape index (κ3) is 1.92. The van der Waals surface area contributed by atoms with Gasteiger partial charge in [-0.3, -0.25) is 0 Å². The maximum Gasteiger partial charge on any atom is 0.490 e. The van der Waals surface area contributed by atoms with Crippen LogP contribution in [0.25, 0.3) is 0 Å². The first kappa shape index (κ1) is 6.14. The fourth-order valence-corrected chi connectivity index (χ4v) is 0.191. The molecule has 0 aromatic rings. The highest BCUT2D eigenvalue weighted by Gasteiger charge is 2.00. The van der Waals surface area contributed by atoms with Crippen molar-refractivity contribution < 1.29 is 9.37 Å². The van der Waals surface area contributed by atoms with Crippen LogP contribution in [-0.4, -0.2) is 31.4 Å². The molecule has 0 fully saturated rings. The normalized spacial score (nSPS) is 7.71. The molecule has 0 saturated heterocycles. The number of nitrogens with one attached hydrogen (secondary N) is 1. The van der Waals surface area contributed by atoms with Gasteiger partial charge in [0, 0.05) is 0 Å². The van der Waals surface area contributed by atoms with E-state index in [2.05, 4.69) is 12.0 Å². The maximum absolute atomic E-state index is 10.3. The topological polar surface area (TPSA) is 32.1 Å². The van der Waals surface area contributed by atoms with Crippen LogP contribution in [-0.2, 0) is 0 Å². The van der Waals surface area contributed by atoms with Crippen molar-refractivity contribution in [3.8, 4) is 0 Å². The molecule has 0 heterocycles. The fraction of sp³-hybridized carbons (Fsp3) is 0.500. The highest BCUT2D eigenvalue weighted by molar-refractivity contribution is 5.66. The molecule has 0 aromatic heterocycles. The fourth-order valence-electron chi connectivity index (χ4n) is 0.191. The second-order valence-electron chi connectivity index (χ2n) is 1.25. The van der Waals surface area contributed by atoms with Crippen molar-refractivity contribution in [2.75, 3.05) is 14.1 Å². The van der Waals surface area contributed by atoms with E-state index in [0.29, 0.717) is 0 Å². The lowest BCUT2D eigenvalue weighted by Gasteiger charge is -1.86. The van der Waals surface area contributed by atoms with Crippen molar-refractivity contribution in [3.63, 3.8) is 0 Å². The number of nitrogens with zero attached hydrogens (tertiary/aromatic N) is 1. The zero-order chi connectivity index (χ0) is 5.86. The Labute approximate surface area is 42.7 Å². The summed E-state index contributed by atoms with van der Waals surface area (Å²) in [5, 5.41) is 2.39. The monoisotopic (exact) mass is 101 g/mol. The molecule has 40 valence electrons. The first-order valence-corrected chi connectivity index (χ1v) is 1.94. The van der Waals surface area contributed by atoms with Crippen LogP contribution >= 0.6 is 0 Å². The Morgan fingerprint density at radius 2 is 2.29 bits per heavy atom. The van der Waals surface area contributed by atoms with Crippen LogP contribution < -0.4 is 5.32 Å². The summed E-state index contributed by atoms with van der Waals surface area (Å²) in [6, 6.07) is -0.181. The summed E-state index contributed by atoms with van der Waals surface area (Å²) >= 11 is 0. The van der Waals surface area contributed by atoms with Crippen LogP contribution in [0.15, 0.2) is 0 Å². The molecule has 0 aromatic carbocycles.